The Balaban J connectivity index is 1.36. The number of aromatic nitrogens is 1. The molecule has 3 aliphatic heterocycles. The maximum absolute atomic E-state index is 13.0. The average molecular weight is 537 g/mol. The second-order valence-corrected chi connectivity index (χ2v) is 10.5. The number of amides is 2. The zero-order valence-electron chi connectivity index (χ0n) is 21.6. The lowest BCUT2D eigenvalue weighted by Gasteiger charge is -2.21. The minimum Gasteiger partial charge on any atom is -0.493 e. The highest BCUT2D eigenvalue weighted by atomic mass is 32.1. The number of hydrogen-bond acceptors (Lipinski definition) is 8. The number of carbonyl (C=O) groups excluding carboxylic acids is 2. The number of carbonyl (C=O) groups is 2. The van der Waals surface area contributed by atoms with Gasteiger partial charge in [0.1, 0.15) is 11.9 Å². The van der Waals surface area contributed by atoms with E-state index in [1.54, 1.807) is 24.5 Å². The Bertz CT molecular complexity index is 1280. The first-order chi connectivity index (χ1) is 18.5. The van der Waals surface area contributed by atoms with Gasteiger partial charge < -0.3 is 24.8 Å². The minimum absolute atomic E-state index is 0.0367. The molecule has 4 bridgehead atoms. The van der Waals surface area contributed by atoms with E-state index in [4.69, 9.17) is 14.2 Å². The van der Waals surface area contributed by atoms with Gasteiger partial charge in [0.2, 0.25) is 5.91 Å². The number of benzene rings is 2. The third kappa shape index (κ3) is 6.43. The molecule has 3 aromatic rings. The van der Waals surface area contributed by atoms with Crippen molar-refractivity contribution in [3.8, 4) is 17.2 Å². The first-order valence-corrected chi connectivity index (χ1v) is 13.6. The van der Waals surface area contributed by atoms with E-state index >= 15 is 0 Å². The van der Waals surface area contributed by atoms with Crippen molar-refractivity contribution in [2.45, 2.75) is 45.0 Å². The first kappa shape index (κ1) is 26.0. The summed E-state index contributed by atoms with van der Waals surface area (Å²) in [4.78, 5) is 33.3. The minimum atomic E-state index is -0.236. The number of ether oxygens (including phenoxy) is 3. The molecule has 0 spiro atoms. The molecule has 1 fully saturated rings. The van der Waals surface area contributed by atoms with E-state index in [0.717, 1.165) is 29.1 Å². The number of aryl methyl sites for hydroxylation is 2. The molecule has 2 atom stereocenters. The summed E-state index contributed by atoms with van der Waals surface area (Å²) in [5, 5.41) is 6.10. The van der Waals surface area contributed by atoms with Crippen LogP contribution in [0.4, 0.5) is 0 Å². The smallest absolute Gasteiger partial charge is 0.258 e. The van der Waals surface area contributed by atoms with Crippen molar-refractivity contribution in [1.29, 1.82) is 0 Å². The summed E-state index contributed by atoms with van der Waals surface area (Å²) in [5.74, 6) is 1.46. The molecule has 0 aliphatic carbocycles. The Morgan fingerprint density at radius 3 is 2.66 bits per heavy atom. The zero-order chi connectivity index (χ0) is 26.5. The summed E-state index contributed by atoms with van der Waals surface area (Å²) < 4.78 is 17.5. The number of rotatable bonds is 3. The van der Waals surface area contributed by atoms with Crippen molar-refractivity contribution in [1.82, 2.24) is 20.5 Å². The van der Waals surface area contributed by atoms with E-state index in [1.807, 2.05) is 48.8 Å². The van der Waals surface area contributed by atoms with E-state index in [0.29, 0.717) is 44.0 Å². The fourth-order valence-corrected chi connectivity index (χ4v) is 5.52. The molecule has 2 amide bonds. The predicted molar refractivity (Wildman–Crippen MR) is 144 cm³/mol. The molecule has 9 nitrogen and oxygen atoms in total. The molecule has 10 heteroatoms. The molecule has 4 heterocycles. The van der Waals surface area contributed by atoms with Crippen molar-refractivity contribution in [3.63, 3.8) is 0 Å². The summed E-state index contributed by atoms with van der Waals surface area (Å²) in [7, 11) is 1.56. The third-order valence-electron chi connectivity index (χ3n) is 6.83. The summed E-state index contributed by atoms with van der Waals surface area (Å²) in [5.41, 5.74) is 4.78. The monoisotopic (exact) mass is 536 g/mol. The fraction of sp³-hybridized carbons (Fsp3) is 0.393. The highest BCUT2D eigenvalue weighted by molar-refractivity contribution is 7.09. The van der Waals surface area contributed by atoms with Crippen molar-refractivity contribution in [2.24, 2.45) is 0 Å². The Kier molecular flexibility index (Phi) is 8.09. The van der Waals surface area contributed by atoms with Crippen LogP contribution in [0.15, 0.2) is 48.0 Å². The molecule has 3 aliphatic rings. The van der Waals surface area contributed by atoms with Crippen LogP contribution in [0.5, 0.6) is 17.2 Å². The molecule has 38 heavy (non-hydrogen) atoms. The van der Waals surface area contributed by atoms with Gasteiger partial charge in [0.15, 0.2) is 18.1 Å². The van der Waals surface area contributed by atoms with E-state index in [-0.39, 0.29) is 30.6 Å². The quantitative estimate of drug-likeness (QED) is 0.531. The van der Waals surface area contributed by atoms with Crippen molar-refractivity contribution in [2.75, 3.05) is 26.8 Å². The molecule has 200 valence electrons. The van der Waals surface area contributed by atoms with E-state index in [1.165, 1.54) is 4.88 Å². The molecule has 0 radical (unpaired) electrons. The fourth-order valence-electron chi connectivity index (χ4n) is 4.70. The SMILES string of the molecule is COc1ccc2cc1OCC(=O)NCc1ccc(cc1)O[C@H]1CN(Cc3scnc3C)C[C@@H]1NC(=O)CC2. The van der Waals surface area contributed by atoms with Crippen molar-refractivity contribution in [3.05, 3.63) is 69.7 Å². The third-order valence-corrected chi connectivity index (χ3v) is 7.75. The van der Waals surface area contributed by atoms with Gasteiger partial charge in [0.05, 0.1) is 24.4 Å². The van der Waals surface area contributed by atoms with Crippen molar-refractivity contribution >= 4 is 23.2 Å². The Labute approximate surface area is 226 Å². The normalized spacial score (nSPS) is 20.7. The zero-order valence-corrected chi connectivity index (χ0v) is 22.4. The molecule has 0 saturated carbocycles. The second-order valence-electron chi connectivity index (χ2n) is 9.58. The van der Waals surface area contributed by atoms with Crippen LogP contribution in [0.3, 0.4) is 0 Å². The van der Waals surface area contributed by atoms with Gasteiger partial charge in [0.25, 0.3) is 5.91 Å². The Hall–Kier alpha value is -3.63. The van der Waals surface area contributed by atoms with Gasteiger partial charge in [-0.1, -0.05) is 18.2 Å². The van der Waals surface area contributed by atoms with Crippen LogP contribution in [0.2, 0.25) is 0 Å². The maximum atomic E-state index is 13.0. The van der Waals surface area contributed by atoms with Crippen LogP contribution < -0.4 is 24.8 Å². The van der Waals surface area contributed by atoms with Gasteiger partial charge in [-0.3, -0.25) is 14.5 Å². The predicted octanol–water partition coefficient (Wildman–Crippen LogP) is 2.85. The van der Waals surface area contributed by atoms with Crippen LogP contribution in [0.25, 0.3) is 0 Å². The van der Waals surface area contributed by atoms with Crippen LogP contribution in [0, 0.1) is 6.92 Å². The number of likely N-dealkylation sites (tertiary alicyclic amines) is 1. The van der Waals surface area contributed by atoms with E-state index in [2.05, 4.69) is 20.5 Å². The Morgan fingerprint density at radius 2 is 1.89 bits per heavy atom. The number of hydrogen-bond donors (Lipinski definition) is 2. The van der Waals surface area contributed by atoms with Gasteiger partial charge in [0, 0.05) is 37.5 Å². The lowest BCUT2D eigenvalue weighted by Crippen LogP contribution is -2.45. The van der Waals surface area contributed by atoms with Crippen LogP contribution in [0.1, 0.15) is 28.1 Å². The number of methoxy groups -OCH3 is 1. The highest BCUT2D eigenvalue weighted by Crippen LogP contribution is 2.29. The summed E-state index contributed by atoms with van der Waals surface area (Å²) in [6.07, 6.45) is 0.653. The van der Waals surface area contributed by atoms with Gasteiger partial charge >= 0.3 is 0 Å². The summed E-state index contributed by atoms with van der Waals surface area (Å²) in [6, 6.07) is 13.0. The lowest BCUT2D eigenvalue weighted by molar-refractivity contribution is -0.123. The molecule has 2 N–H and O–H groups in total. The molecular weight excluding hydrogens is 504 g/mol. The summed E-state index contributed by atoms with van der Waals surface area (Å²) in [6.45, 7) is 4.42. The van der Waals surface area contributed by atoms with Crippen LogP contribution in [-0.2, 0) is 29.1 Å². The van der Waals surface area contributed by atoms with Gasteiger partial charge in [-0.2, -0.15) is 0 Å². The largest absolute Gasteiger partial charge is 0.493 e. The molecule has 1 saturated heterocycles. The van der Waals surface area contributed by atoms with Crippen molar-refractivity contribution < 1.29 is 23.8 Å². The van der Waals surface area contributed by atoms with Gasteiger partial charge in [-0.15, -0.1) is 11.3 Å². The average Bonchev–Trinajstić information content (AvgIpc) is 3.50. The van der Waals surface area contributed by atoms with Crippen LogP contribution in [-0.4, -0.2) is 60.7 Å². The molecule has 0 unspecified atom stereocenters. The number of fused-ring (bicyclic) bond motifs is 9. The van der Waals surface area contributed by atoms with E-state index < -0.39 is 0 Å². The van der Waals surface area contributed by atoms with Gasteiger partial charge in [-0.25, -0.2) is 4.98 Å². The number of thiazole rings is 1. The topological polar surface area (TPSA) is 102 Å². The standard InChI is InChI=1S/C28H32N4O5S/c1-18-26(38-17-30-18)15-32-13-22-25(14-32)37-21-7-3-20(4-8-21)12-29-28(34)16-36-24-11-19(5-9-23(24)35-2)6-10-27(33)31-22/h3-5,7-9,11,17,22,25H,6,10,12-16H2,1-2H3,(H,29,34)(H,31,33)/t22-,25-/m0/s1. The number of nitrogens with one attached hydrogen (secondary N) is 2. The Morgan fingerprint density at radius 1 is 1.08 bits per heavy atom. The summed E-state index contributed by atoms with van der Waals surface area (Å²) >= 11 is 1.65. The first-order valence-electron chi connectivity index (χ1n) is 12.7. The van der Waals surface area contributed by atoms with Gasteiger partial charge in [-0.05, 0) is 48.7 Å². The number of nitrogens with zero attached hydrogens (tertiary/aromatic N) is 2. The van der Waals surface area contributed by atoms with E-state index in [9.17, 15) is 9.59 Å². The molecule has 1 aromatic heterocycles. The lowest BCUT2D eigenvalue weighted by atomic mass is 10.1. The second kappa shape index (κ2) is 11.8. The molecular formula is C28H32N4O5S. The highest BCUT2D eigenvalue weighted by Gasteiger charge is 2.36. The maximum Gasteiger partial charge on any atom is 0.258 e. The molecule has 6 rings (SSSR count). The van der Waals surface area contributed by atoms with Crippen LogP contribution >= 0.6 is 11.3 Å². The molecule has 2 aromatic carbocycles.